The van der Waals surface area contributed by atoms with Crippen molar-refractivity contribution in [3.8, 4) is 0 Å². The van der Waals surface area contributed by atoms with Gasteiger partial charge >= 0.3 is 17.9 Å². The molecule has 0 aliphatic carbocycles. The molecule has 0 heterocycles. The first-order valence-corrected chi connectivity index (χ1v) is 30.3. The van der Waals surface area contributed by atoms with E-state index in [1.807, 2.05) is 24.3 Å². The van der Waals surface area contributed by atoms with Gasteiger partial charge in [0.1, 0.15) is 13.2 Å². The SMILES string of the molecule is CC/C=C\C/C=C\C/C=C\CCCCCCCCCCCC(=O)OCC(COC(=O)CCCCCCCCCCCCCCCCCCC)OC(=O)CCCCCCC\C=C/C=C\C=C/C=C\C=C/CCC. The van der Waals surface area contributed by atoms with Gasteiger partial charge in [0.2, 0.25) is 0 Å². The summed E-state index contributed by atoms with van der Waals surface area (Å²) in [6.45, 7) is 6.44. The van der Waals surface area contributed by atoms with Crippen LogP contribution in [0.15, 0.2) is 97.2 Å². The molecule has 0 bridgehead atoms. The molecule has 0 aliphatic heterocycles. The molecule has 6 nitrogen and oxygen atoms in total. The van der Waals surface area contributed by atoms with Crippen LogP contribution in [-0.2, 0) is 28.6 Å². The van der Waals surface area contributed by atoms with E-state index in [4.69, 9.17) is 14.2 Å². The van der Waals surface area contributed by atoms with Crippen LogP contribution < -0.4 is 0 Å². The Hall–Kier alpha value is -3.67. The lowest BCUT2D eigenvalue weighted by atomic mass is 10.0. The summed E-state index contributed by atoms with van der Waals surface area (Å²) < 4.78 is 16.9. The summed E-state index contributed by atoms with van der Waals surface area (Å²) in [6.07, 6.45) is 79.6. The highest BCUT2D eigenvalue weighted by molar-refractivity contribution is 5.71. The Kier molecular flexibility index (Phi) is 56.8. The van der Waals surface area contributed by atoms with Crippen LogP contribution >= 0.6 is 0 Å². The number of hydrogen-bond acceptors (Lipinski definition) is 6. The topological polar surface area (TPSA) is 78.9 Å². The second-order valence-electron chi connectivity index (χ2n) is 20.0. The van der Waals surface area contributed by atoms with Gasteiger partial charge in [0.25, 0.3) is 0 Å². The highest BCUT2D eigenvalue weighted by atomic mass is 16.6. The van der Waals surface area contributed by atoms with Crippen LogP contribution in [0.3, 0.4) is 0 Å². The van der Waals surface area contributed by atoms with Gasteiger partial charge in [-0.15, -0.1) is 0 Å². The smallest absolute Gasteiger partial charge is 0.306 e. The van der Waals surface area contributed by atoms with E-state index in [1.165, 1.54) is 141 Å². The number of esters is 3. The van der Waals surface area contributed by atoms with E-state index in [2.05, 4.69) is 93.7 Å². The Balaban J connectivity index is 4.43. The quantitative estimate of drug-likeness (QED) is 0.0199. The monoisotopic (exact) mass is 1000 g/mol. The van der Waals surface area contributed by atoms with E-state index in [1.54, 1.807) is 0 Å². The van der Waals surface area contributed by atoms with E-state index in [9.17, 15) is 14.4 Å². The van der Waals surface area contributed by atoms with Crippen molar-refractivity contribution in [1.82, 2.24) is 0 Å². The third-order valence-electron chi connectivity index (χ3n) is 12.9. The average molecular weight is 1000 g/mol. The second-order valence-corrected chi connectivity index (χ2v) is 20.0. The number of rotatable bonds is 54. The van der Waals surface area contributed by atoms with Gasteiger partial charge in [0.05, 0.1) is 0 Å². The predicted octanol–water partition coefficient (Wildman–Crippen LogP) is 20.5. The molecule has 0 saturated heterocycles. The number of allylic oxidation sites excluding steroid dienone is 16. The van der Waals surface area contributed by atoms with Gasteiger partial charge in [-0.1, -0.05) is 291 Å². The first-order chi connectivity index (χ1) is 35.5. The van der Waals surface area contributed by atoms with Crippen molar-refractivity contribution in [1.29, 1.82) is 0 Å². The standard InChI is InChI=1S/C66H112O6/c1-4-7-10-13-16-19-22-25-28-31-33-36-38-41-44-47-50-53-56-59-65(68)71-62-63(61-70-64(67)58-55-52-49-46-43-40-37-34-30-27-24-21-18-15-12-9-6-3)72-66(69)60-57-54-51-48-45-42-39-35-32-29-26-23-20-17-14-11-8-5-2/h7,10-11,14,16-17,19-20,23,25-26,28-29,32,35,39,63H,4-6,8-9,12-13,15,18,21-22,24,27,30-31,33-34,36-38,40-62H2,1-3H3/b10-7-,14-11-,19-16-,20-17-,26-23-,28-25-,32-29-,39-35-. The third kappa shape index (κ3) is 57.2. The van der Waals surface area contributed by atoms with E-state index in [0.717, 1.165) is 103 Å². The normalized spacial score (nSPS) is 12.8. The number of carbonyl (C=O) groups is 3. The maximum atomic E-state index is 12.9. The van der Waals surface area contributed by atoms with E-state index in [-0.39, 0.29) is 31.1 Å². The van der Waals surface area contributed by atoms with Gasteiger partial charge in [-0.25, -0.2) is 0 Å². The number of unbranched alkanes of at least 4 members (excludes halogenated alkanes) is 31. The molecule has 6 heteroatoms. The lowest BCUT2D eigenvalue weighted by Crippen LogP contribution is -2.30. The molecule has 0 amide bonds. The maximum Gasteiger partial charge on any atom is 0.306 e. The zero-order valence-corrected chi connectivity index (χ0v) is 47.2. The summed E-state index contributed by atoms with van der Waals surface area (Å²) in [6, 6.07) is 0. The van der Waals surface area contributed by atoms with Gasteiger partial charge in [-0.3, -0.25) is 14.4 Å². The highest BCUT2D eigenvalue weighted by Crippen LogP contribution is 2.16. The zero-order valence-electron chi connectivity index (χ0n) is 47.2. The van der Waals surface area contributed by atoms with Gasteiger partial charge in [-0.05, 0) is 70.6 Å². The van der Waals surface area contributed by atoms with Gasteiger partial charge < -0.3 is 14.2 Å². The van der Waals surface area contributed by atoms with Crippen LogP contribution in [-0.4, -0.2) is 37.2 Å². The summed E-state index contributed by atoms with van der Waals surface area (Å²) in [4.78, 5) is 38.3. The fourth-order valence-electron chi connectivity index (χ4n) is 8.43. The largest absolute Gasteiger partial charge is 0.462 e. The molecule has 0 saturated carbocycles. The minimum absolute atomic E-state index is 0.0880. The summed E-state index contributed by atoms with van der Waals surface area (Å²) in [5.74, 6) is -0.909. The van der Waals surface area contributed by atoms with Crippen molar-refractivity contribution in [3.05, 3.63) is 97.2 Å². The third-order valence-corrected chi connectivity index (χ3v) is 12.9. The van der Waals surface area contributed by atoms with Gasteiger partial charge in [-0.2, -0.15) is 0 Å². The molecule has 0 N–H and O–H groups in total. The van der Waals surface area contributed by atoms with E-state index >= 15 is 0 Å². The van der Waals surface area contributed by atoms with Crippen molar-refractivity contribution in [2.24, 2.45) is 0 Å². The van der Waals surface area contributed by atoms with Crippen LogP contribution in [0.1, 0.15) is 284 Å². The Bertz CT molecular complexity index is 1430. The molecular weight excluding hydrogens is 889 g/mol. The minimum atomic E-state index is -0.794. The lowest BCUT2D eigenvalue weighted by Gasteiger charge is -2.18. The first kappa shape index (κ1) is 68.3. The van der Waals surface area contributed by atoms with Gasteiger partial charge in [0, 0.05) is 19.3 Å². The zero-order chi connectivity index (χ0) is 52.2. The molecule has 0 spiro atoms. The van der Waals surface area contributed by atoms with Crippen LogP contribution in [0.4, 0.5) is 0 Å². The van der Waals surface area contributed by atoms with Gasteiger partial charge in [0.15, 0.2) is 6.10 Å². The predicted molar refractivity (Wildman–Crippen MR) is 311 cm³/mol. The molecule has 0 aromatic rings. The number of carbonyl (C=O) groups excluding carboxylic acids is 3. The summed E-state index contributed by atoms with van der Waals surface area (Å²) in [5.41, 5.74) is 0. The lowest BCUT2D eigenvalue weighted by molar-refractivity contribution is -0.167. The Morgan fingerprint density at radius 1 is 0.306 bits per heavy atom. The average Bonchev–Trinajstić information content (AvgIpc) is 3.38. The molecule has 0 aromatic carbocycles. The molecule has 0 fully saturated rings. The Morgan fingerprint density at radius 3 is 1.03 bits per heavy atom. The molecule has 0 radical (unpaired) electrons. The summed E-state index contributed by atoms with van der Waals surface area (Å²) in [5, 5.41) is 0. The second kappa shape index (κ2) is 59.9. The number of ether oxygens (including phenoxy) is 3. The van der Waals surface area contributed by atoms with E-state index in [0.29, 0.717) is 19.3 Å². The van der Waals surface area contributed by atoms with Crippen molar-refractivity contribution in [2.45, 2.75) is 290 Å². The number of hydrogen-bond donors (Lipinski definition) is 0. The maximum absolute atomic E-state index is 12.9. The molecule has 1 unspecified atom stereocenters. The minimum Gasteiger partial charge on any atom is -0.462 e. The van der Waals surface area contributed by atoms with E-state index < -0.39 is 6.10 Å². The molecule has 0 aromatic heterocycles. The van der Waals surface area contributed by atoms with Crippen molar-refractivity contribution < 1.29 is 28.6 Å². The summed E-state index contributed by atoms with van der Waals surface area (Å²) in [7, 11) is 0. The van der Waals surface area contributed by atoms with Crippen LogP contribution in [0.5, 0.6) is 0 Å². The fraction of sp³-hybridized carbons (Fsp3) is 0.712. The van der Waals surface area contributed by atoms with Crippen molar-refractivity contribution >= 4 is 17.9 Å². The van der Waals surface area contributed by atoms with Crippen LogP contribution in [0.25, 0.3) is 0 Å². The van der Waals surface area contributed by atoms with Crippen LogP contribution in [0.2, 0.25) is 0 Å². The van der Waals surface area contributed by atoms with Crippen molar-refractivity contribution in [3.63, 3.8) is 0 Å². The Morgan fingerprint density at radius 2 is 0.625 bits per heavy atom. The molecule has 412 valence electrons. The summed E-state index contributed by atoms with van der Waals surface area (Å²) >= 11 is 0. The fourth-order valence-corrected chi connectivity index (χ4v) is 8.43. The molecule has 1 atom stereocenters. The molecule has 72 heavy (non-hydrogen) atoms. The van der Waals surface area contributed by atoms with Crippen molar-refractivity contribution in [2.75, 3.05) is 13.2 Å². The highest BCUT2D eigenvalue weighted by Gasteiger charge is 2.19. The molecular formula is C66H112O6. The van der Waals surface area contributed by atoms with Crippen LogP contribution in [0, 0.1) is 0 Å². The molecule has 0 rings (SSSR count). The first-order valence-electron chi connectivity index (χ1n) is 30.3. The molecule has 0 aliphatic rings. The Labute approximate surface area is 445 Å².